The summed E-state index contributed by atoms with van der Waals surface area (Å²) in [7, 11) is 0. The molecule has 5 aromatic rings. The van der Waals surface area contributed by atoms with Gasteiger partial charge in [0, 0.05) is 37.3 Å². The van der Waals surface area contributed by atoms with E-state index in [1.54, 1.807) is 6.07 Å². The Kier molecular flexibility index (Phi) is 7.32. The van der Waals surface area contributed by atoms with Crippen molar-refractivity contribution in [3.05, 3.63) is 113 Å². The third-order valence-corrected chi connectivity index (χ3v) is 7.21. The molecule has 1 unspecified atom stereocenters. The average Bonchev–Trinajstić information content (AvgIpc) is 3.67. The highest BCUT2D eigenvalue weighted by molar-refractivity contribution is 5.97. The molecule has 1 aliphatic heterocycles. The van der Waals surface area contributed by atoms with E-state index in [2.05, 4.69) is 96.3 Å². The van der Waals surface area contributed by atoms with Crippen LogP contribution in [-0.2, 0) is 19.6 Å². The molecule has 3 heterocycles. The summed E-state index contributed by atoms with van der Waals surface area (Å²) in [5.41, 5.74) is 7.50. The monoisotopic (exact) mass is 534 g/mol. The normalized spacial score (nSPS) is 14.4. The number of H-pyrrole nitrogens is 1. The molecule has 0 spiro atoms. The van der Waals surface area contributed by atoms with E-state index in [0.717, 1.165) is 24.2 Å². The Bertz CT molecular complexity index is 1590. The number of fused-ring (bicyclic) bond motifs is 1. The Morgan fingerprint density at radius 1 is 1.07 bits per heavy atom. The maximum Gasteiger partial charge on any atom is 0.255 e. The molecule has 3 N–H and O–H groups in total. The molecule has 0 radical (unpaired) electrons. The smallest absolute Gasteiger partial charge is 0.255 e. The summed E-state index contributed by atoms with van der Waals surface area (Å²) in [5.74, 6) is 0.783. The average molecular weight is 535 g/mol. The van der Waals surface area contributed by atoms with Crippen molar-refractivity contribution in [2.24, 2.45) is 0 Å². The third kappa shape index (κ3) is 5.48. The predicted molar refractivity (Wildman–Crippen MR) is 149 cm³/mol. The van der Waals surface area contributed by atoms with Gasteiger partial charge in [0.05, 0.1) is 30.7 Å². The lowest BCUT2D eigenvalue weighted by Gasteiger charge is -2.28. The van der Waals surface area contributed by atoms with Crippen molar-refractivity contribution in [3.8, 4) is 16.9 Å². The maximum atomic E-state index is 12.9. The van der Waals surface area contributed by atoms with Crippen LogP contribution in [0, 0.1) is 6.92 Å². The third-order valence-electron chi connectivity index (χ3n) is 7.21. The number of nitrogens with zero attached hydrogens (tertiary/aromatic N) is 5. The van der Waals surface area contributed by atoms with E-state index in [-0.39, 0.29) is 18.5 Å². The van der Waals surface area contributed by atoms with E-state index in [1.165, 1.54) is 22.3 Å². The second-order valence-electron chi connectivity index (χ2n) is 9.83. The lowest BCUT2D eigenvalue weighted by Crippen LogP contribution is -2.30. The Morgan fingerprint density at radius 2 is 1.95 bits per heavy atom. The van der Waals surface area contributed by atoms with Gasteiger partial charge in [0.25, 0.3) is 5.91 Å². The number of aryl methyl sites for hydroxylation is 1. The largest absolute Gasteiger partial charge is 0.492 e. The van der Waals surface area contributed by atoms with Crippen molar-refractivity contribution in [1.82, 2.24) is 40.8 Å². The van der Waals surface area contributed by atoms with Gasteiger partial charge in [0.1, 0.15) is 5.75 Å². The van der Waals surface area contributed by atoms with Crippen molar-refractivity contribution in [3.63, 3.8) is 0 Å². The maximum absolute atomic E-state index is 12.9. The van der Waals surface area contributed by atoms with Crippen LogP contribution in [0.1, 0.15) is 51.0 Å². The summed E-state index contributed by atoms with van der Waals surface area (Å²) in [6, 6.07) is 22.9. The van der Waals surface area contributed by atoms with Crippen molar-refractivity contribution in [1.29, 1.82) is 0 Å². The van der Waals surface area contributed by atoms with Gasteiger partial charge in [0.15, 0.2) is 5.82 Å². The fourth-order valence-corrected chi connectivity index (χ4v) is 5.08. The lowest BCUT2D eigenvalue weighted by molar-refractivity contribution is 0.0944. The first-order valence-corrected chi connectivity index (χ1v) is 13.3. The molecule has 0 saturated carbocycles. The van der Waals surface area contributed by atoms with Crippen LogP contribution in [0.5, 0.6) is 5.75 Å². The molecular formula is C30H30N8O2. The topological polar surface area (TPSA) is 123 Å². The number of carbonyl (C=O) groups is 1. The van der Waals surface area contributed by atoms with Crippen molar-refractivity contribution in [2.75, 3.05) is 6.61 Å². The second-order valence-corrected chi connectivity index (χ2v) is 9.83. The van der Waals surface area contributed by atoms with Gasteiger partial charge in [-0.05, 0) is 35.2 Å². The molecule has 40 heavy (non-hydrogen) atoms. The van der Waals surface area contributed by atoms with E-state index < -0.39 is 0 Å². The number of ether oxygens (including phenoxy) is 1. The zero-order valence-electron chi connectivity index (χ0n) is 22.2. The predicted octanol–water partition coefficient (Wildman–Crippen LogP) is 3.96. The van der Waals surface area contributed by atoms with Crippen LogP contribution in [0.25, 0.3) is 11.1 Å². The first-order valence-electron chi connectivity index (χ1n) is 13.3. The molecule has 10 heteroatoms. The standard InChI is InChI=1S/C30H30N8O2/c1-20-5-2-3-6-24(20)22-11-9-21(10-12-22)18-38-19-31-15-23(38)16-32-27-13-14-40-29-25(27)7-4-8-26(29)30(39)33-17-28-34-36-37-35-28/h2-12,15,19,27,32H,13-14,16-18H2,1H3,(H,33,39)(H,34,35,36,37). The van der Waals surface area contributed by atoms with Gasteiger partial charge in [-0.15, -0.1) is 10.2 Å². The molecule has 1 aliphatic rings. The molecule has 10 nitrogen and oxygen atoms in total. The van der Waals surface area contributed by atoms with Gasteiger partial charge in [-0.3, -0.25) is 4.79 Å². The number of para-hydroxylation sites is 1. The Morgan fingerprint density at radius 3 is 2.77 bits per heavy atom. The van der Waals surface area contributed by atoms with E-state index in [4.69, 9.17) is 4.74 Å². The molecule has 202 valence electrons. The van der Waals surface area contributed by atoms with Gasteiger partial charge in [-0.1, -0.05) is 65.9 Å². The number of amides is 1. The molecule has 0 saturated heterocycles. The number of hydrogen-bond acceptors (Lipinski definition) is 7. The number of imidazole rings is 1. The number of rotatable bonds is 9. The second kappa shape index (κ2) is 11.5. The number of tetrazole rings is 1. The molecule has 6 rings (SSSR count). The van der Waals surface area contributed by atoms with E-state index in [9.17, 15) is 4.79 Å². The summed E-state index contributed by atoms with van der Waals surface area (Å²) in [4.78, 5) is 17.3. The van der Waals surface area contributed by atoms with Crippen LogP contribution < -0.4 is 15.4 Å². The van der Waals surface area contributed by atoms with Crippen LogP contribution in [-0.4, -0.2) is 42.7 Å². The Balaban J connectivity index is 1.11. The van der Waals surface area contributed by atoms with E-state index in [0.29, 0.717) is 30.3 Å². The molecule has 1 atom stereocenters. The van der Waals surface area contributed by atoms with E-state index in [1.807, 2.05) is 24.7 Å². The van der Waals surface area contributed by atoms with Gasteiger partial charge in [-0.2, -0.15) is 5.21 Å². The van der Waals surface area contributed by atoms with Gasteiger partial charge in [0.2, 0.25) is 0 Å². The highest BCUT2D eigenvalue weighted by atomic mass is 16.5. The van der Waals surface area contributed by atoms with Crippen molar-refractivity contribution < 1.29 is 9.53 Å². The van der Waals surface area contributed by atoms with Crippen molar-refractivity contribution in [2.45, 2.75) is 39.0 Å². The highest BCUT2D eigenvalue weighted by Crippen LogP contribution is 2.35. The Hall–Kier alpha value is -4.83. The molecule has 1 amide bonds. The summed E-state index contributed by atoms with van der Waals surface area (Å²) in [6.07, 6.45) is 4.57. The summed E-state index contributed by atoms with van der Waals surface area (Å²) >= 11 is 0. The van der Waals surface area contributed by atoms with Gasteiger partial charge in [-0.25, -0.2) is 4.98 Å². The fraction of sp³-hybridized carbons (Fsp3) is 0.233. The first-order chi connectivity index (χ1) is 19.7. The van der Waals surface area contributed by atoms with Crippen molar-refractivity contribution >= 4 is 5.91 Å². The minimum Gasteiger partial charge on any atom is -0.492 e. The zero-order chi connectivity index (χ0) is 27.3. The molecular weight excluding hydrogens is 504 g/mol. The van der Waals surface area contributed by atoms with Gasteiger partial charge < -0.3 is 19.9 Å². The number of benzene rings is 3. The quantitative estimate of drug-likeness (QED) is 0.262. The number of nitrogens with one attached hydrogen (secondary N) is 3. The van der Waals surface area contributed by atoms with Crippen LogP contribution in [0.4, 0.5) is 0 Å². The fourth-order valence-electron chi connectivity index (χ4n) is 5.08. The minimum absolute atomic E-state index is 0.0467. The molecule has 0 fully saturated rings. The summed E-state index contributed by atoms with van der Waals surface area (Å²) in [5, 5.41) is 20.1. The summed E-state index contributed by atoms with van der Waals surface area (Å²) in [6.45, 7) is 4.21. The number of aromatic nitrogens is 6. The number of aromatic amines is 1. The molecule has 3 aromatic carbocycles. The van der Waals surface area contributed by atoms with Crippen LogP contribution in [0.3, 0.4) is 0 Å². The molecule has 0 aliphatic carbocycles. The molecule has 0 bridgehead atoms. The Labute approximate surface area is 231 Å². The zero-order valence-corrected chi connectivity index (χ0v) is 22.2. The highest BCUT2D eigenvalue weighted by Gasteiger charge is 2.26. The lowest BCUT2D eigenvalue weighted by atomic mass is 9.97. The molecule has 2 aromatic heterocycles. The first kappa shape index (κ1) is 25.4. The minimum atomic E-state index is -0.242. The van der Waals surface area contributed by atoms with Crippen LogP contribution in [0.15, 0.2) is 79.3 Å². The van der Waals surface area contributed by atoms with Gasteiger partial charge >= 0.3 is 0 Å². The summed E-state index contributed by atoms with van der Waals surface area (Å²) < 4.78 is 8.13. The number of hydrogen-bond donors (Lipinski definition) is 3. The number of carbonyl (C=O) groups excluding carboxylic acids is 1. The SMILES string of the molecule is Cc1ccccc1-c1ccc(Cn2cncc2CNC2CCOc3c(C(=O)NCc4nn[nH]n4)cccc32)cc1. The van der Waals surface area contributed by atoms with Crippen LogP contribution >= 0.6 is 0 Å². The van der Waals surface area contributed by atoms with E-state index >= 15 is 0 Å². The van der Waals surface area contributed by atoms with Crippen LogP contribution in [0.2, 0.25) is 0 Å².